The second kappa shape index (κ2) is 8.31. The number of carbonyl (C=O) groups is 1. The Morgan fingerprint density at radius 1 is 1.14 bits per heavy atom. The quantitative estimate of drug-likeness (QED) is 0.770. The van der Waals surface area contributed by atoms with Gasteiger partial charge in [-0.15, -0.1) is 0 Å². The minimum Gasteiger partial charge on any atom is -0.382 e. The Balaban J connectivity index is 1.61. The molecule has 1 fully saturated rings. The molecule has 2 N–H and O–H groups in total. The molecule has 1 aromatic carbocycles. The van der Waals surface area contributed by atoms with Crippen molar-refractivity contribution in [2.75, 3.05) is 46.6 Å². The van der Waals surface area contributed by atoms with Crippen LogP contribution in [0.3, 0.4) is 0 Å². The second-order valence-corrected chi connectivity index (χ2v) is 8.47. The van der Waals surface area contributed by atoms with Gasteiger partial charge in [0.2, 0.25) is 0 Å². The third-order valence-electron chi connectivity index (χ3n) is 5.69. The number of aromatic nitrogens is 1. The van der Waals surface area contributed by atoms with E-state index in [-0.39, 0.29) is 6.03 Å². The van der Waals surface area contributed by atoms with Crippen molar-refractivity contribution >= 4 is 29.0 Å². The van der Waals surface area contributed by atoms with Gasteiger partial charge in [0.15, 0.2) is 5.82 Å². The highest BCUT2D eigenvalue weighted by molar-refractivity contribution is 6.03. The van der Waals surface area contributed by atoms with E-state index in [9.17, 15) is 4.79 Å². The van der Waals surface area contributed by atoms with Crippen molar-refractivity contribution in [1.29, 1.82) is 0 Å². The lowest BCUT2D eigenvalue weighted by atomic mass is 10.0. The minimum absolute atomic E-state index is 0.128. The molecule has 0 bridgehead atoms. The molecule has 1 unspecified atom stereocenters. The van der Waals surface area contributed by atoms with Crippen molar-refractivity contribution in [2.45, 2.75) is 40.0 Å². The number of piperidine rings is 1. The number of urea groups is 1. The number of fused-ring (bicyclic) bond motifs is 1. The maximum absolute atomic E-state index is 13.2. The van der Waals surface area contributed by atoms with Gasteiger partial charge in [0.05, 0.1) is 5.69 Å². The lowest BCUT2D eigenvalue weighted by Gasteiger charge is -2.32. The summed E-state index contributed by atoms with van der Waals surface area (Å²) < 4.78 is 0. The smallest absolute Gasteiger partial charge is 0.327 e. The first-order chi connectivity index (χ1) is 14.0. The predicted octanol–water partition coefficient (Wildman–Crippen LogP) is 4.79. The zero-order chi connectivity index (χ0) is 20.4. The number of hydrogen-bond acceptors (Lipinski definition) is 4. The van der Waals surface area contributed by atoms with E-state index in [1.807, 2.05) is 26.0 Å². The molecular weight excluding hydrogens is 362 g/mol. The standard InChI is InChI=1S/C23H31N5O/c1-16-6-4-10-27(15-16)21-8-7-20-22(26-21)28(11-5-9-24-20)23(29)25-19-13-17(2)12-18(3)14-19/h7-8,12-14,16,24H,4-6,9-11,15H2,1-3H3,(H,25,29). The normalized spacial score (nSPS) is 19.2. The molecule has 2 aliphatic rings. The topological polar surface area (TPSA) is 60.5 Å². The Labute approximate surface area is 173 Å². The van der Waals surface area contributed by atoms with Crippen LogP contribution in [0.4, 0.5) is 27.8 Å². The van der Waals surface area contributed by atoms with Gasteiger partial charge in [-0.05, 0) is 74.4 Å². The Morgan fingerprint density at radius 3 is 2.69 bits per heavy atom. The molecule has 0 radical (unpaired) electrons. The number of nitrogens with zero attached hydrogens (tertiary/aromatic N) is 3. The van der Waals surface area contributed by atoms with Crippen molar-refractivity contribution in [3.05, 3.63) is 41.5 Å². The molecule has 6 nitrogen and oxygen atoms in total. The molecule has 29 heavy (non-hydrogen) atoms. The van der Waals surface area contributed by atoms with E-state index in [4.69, 9.17) is 4.98 Å². The Morgan fingerprint density at radius 2 is 1.93 bits per heavy atom. The summed E-state index contributed by atoms with van der Waals surface area (Å²) >= 11 is 0. The molecule has 1 saturated heterocycles. The molecule has 2 aromatic rings. The summed E-state index contributed by atoms with van der Waals surface area (Å²) in [4.78, 5) is 22.2. The Bertz CT molecular complexity index is 877. The van der Waals surface area contributed by atoms with Crippen molar-refractivity contribution in [2.24, 2.45) is 5.92 Å². The van der Waals surface area contributed by atoms with Gasteiger partial charge in [-0.2, -0.15) is 0 Å². The summed E-state index contributed by atoms with van der Waals surface area (Å²) in [5.41, 5.74) is 4.02. The average molecular weight is 394 g/mol. The SMILES string of the molecule is Cc1cc(C)cc(NC(=O)N2CCCNc3ccc(N4CCCC(C)C4)nc32)c1. The average Bonchev–Trinajstić information content (AvgIpc) is 2.89. The maximum atomic E-state index is 13.2. The van der Waals surface area contributed by atoms with Gasteiger partial charge in [0.1, 0.15) is 5.82 Å². The third kappa shape index (κ3) is 4.47. The van der Waals surface area contributed by atoms with Gasteiger partial charge in [-0.3, -0.25) is 4.90 Å². The van der Waals surface area contributed by atoms with Crippen molar-refractivity contribution in [3.8, 4) is 0 Å². The predicted molar refractivity (Wildman–Crippen MR) is 120 cm³/mol. The van der Waals surface area contributed by atoms with Gasteiger partial charge >= 0.3 is 6.03 Å². The fraction of sp³-hybridized carbons (Fsp3) is 0.478. The molecule has 3 heterocycles. The first-order valence-electron chi connectivity index (χ1n) is 10.7. The molecule has 0 saturated carbocycles. The summed E-state index contributed by atoms with van der Waals surface area (Å²) in [6.07, 6.45) is 3.34. The first kappa shape index (κ1) is 19.6. The molecule has 0 aliphatic carbocycles. The molecule has 1 aromatic heterocycles. The lowest BCUT2D eigenvalue weighted by Crippen LogP contribution is -2.37. The number of benzene rings is 1. The number of carbonyl (C=O) groups excluding carboxylic acids is 1. The molecule has 6 heteroatoms. The van der Waals surface area contributed by atoms with E-state index in [2.05, 4.69) is 40.7 Å². The summed E-state index contributed by atoms with van der Waals surface area (Å²) in [6, 6.07) is 10.1. The fourth-order valence-corrected chi connectivity index (χ4v) is 4.36. The van der Waals surface area contributed by atoms with Crippen LogP contribution in [0.1, 0.15) is 37.3 Å². The number of amides is 2. The molecule has 4 rings (SSSR count). The van der Waals surface area contributed by atoms with Crippen LogP contribution in [-0.2, 0) is 0 Å². The monoisotopic (exact) mass is 393 g/mol. The van der Waals surface area contributed by atoms with E-state index in [0.29, 0.717) is 12.5 Å². The van der Waals surface area contributed by atoms with E-state index < -0.39 is 0 Å². The van der Waals surface area contributed by atoms with Gasteiger partial charge in [-0.25, -0.2) is 9.78 Å². The number of rotatable bonds is 2. The number of hydrogen-bond donors (Lipinski definition) is 2. The van der Waals surface area contributed by atoms with E-state index in [1.165, 1.54) is 12.8 Å². The van der Waals surface area contributed by atoms with Crippen LogP contribution in [0.15, 0.2) is 30.3 Å². The third-order valence-corrected chi connectivity index (χ3v) is 5.69. The zero-order valence-corrected chi connectivity index (χ0v) is 17.7. The van der Waals surface area contributed by atoms with Crippen LogP contribution in [-0.4, -0.2) is 37.2 Å². The largest absolute Gasteiger partial charge is 0.382 e. The zero-order valence-electron chi connectivity index (χ0n) is 17.7. The van der Waals surface area contributed by atoms with Gasteiger partial charge in [0, 0.05) is 31.9 Å². The van der Waals surface area contributed by atoms with Crippen LogP contribution in [0.25, 0.3) is 0 Å². The maximum Gasteiger partial charge on any atom is 0.327 e. The summed E-state index contributed by atoms with van der Waals surface area (Å²) in [5, 5.41) is 6.50. The van der Waals surface area contributed by atoms with E-state index in [0.717, 1.165) is 60.2 Å². The number of nitrogens with one attached hydrogen (secondary N) is 2. The summed E-state index contributed by atoms with van der Waals surface area (Å²) in [6.45, 7) is 9.90. The number of pyridine rings is 1. The van der Waals surface area contributed by atoms with Gasteiger partial charge < -0.3 is 15.5 Å². The molecule has 154 valence electrons. The van der Waals surface area contributed by atoms with Crippen molar-refractivity contribution in [1.82, 2.24) is 4.98 Å². The number of aryl methyl sites for hydroxylation is 2. The van der Waals surface area contributed by atoms with Crippen LogP contribution >= 0.6 is 0 Å². The van der Waals surface area contributed by atoms with Gasteiger partial charge in [-0.1, -0.05) is 13.0 Å². The van der Waals surface area contributed by atoms with E-state index in [1.54, 1.807) is 4.90 Å². The molecule has 2 amide bonds. The van der Waals surface area contributed by atoms with E-state index >= 15 is 0 Å². The lowest BCUT2D eigenvalue weighted by molar-refractivity contribution is 0.257. The highest BCUT2D eigenvalue weighted by atomic mass is 16.2. The first-order valence-corrected chi connectivity index (χ1v) is 10.7. The van der Waals surface area contributed by atoms with Crippen LogP contribution in [0.2, 0.25) is 0 Å². The molecule has 0 spiro atoms. The van der Waals surface area contributed by atoms with Crippen molar-refractivity contribution < 1.29 is 4.79 Å². The summed E-state index contributed by atoms with van der Waals surface area (Å²) in [5.74, 6) is 2.36. The molecule has 2 aliphatic heterocycles. The van der Waals surface area contributed by atoms with Gasteiger partial charge in [0.25, 0.3) is 0 Å². The second-order valence-electron chi connectivity index (χ2n) is 8.47. The molecule has 1 atom stereocenters. The highest BCUT2D eigenvalue weighted by Crippen LogP contribution is 2.31. The Hall–Kier alpha value is -2.76. The van der Waals surface area contributed by atoms with Crippen LogP contribution in [0, 0.1) is 19.8 Å². The minimum atomic E-state index is -0.128. The number of anilines is 4. The highest BCUT2D eigenvalue weighted by Gasteiger charge is 2.25. The Kier molecular flexibility index (Phi) is 5.60. The summed E-state index contributed by atoms with van der Waals surface area (Å²) in [7, 11) is 0. The van der Waals surface area contributed by atoms with Crippen LogP contribution in [0.5, 0.6) is 0 Å². The van der Waals surface area contributed by atoms with Crippen LogP contribution < -0.4 is 20.4 Å². The fourth-order valence-electron chi connectivity index (χ4n) is 4.36. The van der Waals surface area contributed by atoms with Crippen molar-refractivity contribution in [3.63, 3.8) is 0 Å². The molecular formula is C23H31N5O.